The highest BCUT2D eigenvalue weighted by Crippen LogP contribution is 2.29. The predicted octanol–water partition coefficient (Wildman–Crippen LogP) is 4.86. The Labute approximate surface area is 212 Å². The molecule has 0 spiro atoms. The third kappa shape index (κ3) is 5.67. The van der Waals surface area contributed by atoms with Gasteiger partial charge in [0.05, 0.1) is 48.2 Å². The van der Waals surface area contributed by atoms with Crippen molar-refractivity contribution in [1.82, 2.24) is 20.3 Å². The van der Waals surface area contributed by atoms with Gasteiger partial charge in [-0.3, -0.25) is 9.59 Å². The fraction of sp³-hybridized carbons (Fsp3) is 0.143. The van der Waals surface area contributed by atoms with Crippen LogP contribution in [0.5, 0.6) is 5.75 Å². The van der Waals surface area contributed by atoms with Gasteiger partial charge in [-0.05, 0) is 49.4 Å². The summed E-state index contributed by atoms with van der Waals surface area (Å²) in [6.45, 7) is 2.24. The van der Waals surface area contributed by atoms with Gasteiger partial charge in [0, 0.05) is 5.56 Å². The average molecular weight is 496 g/mol. The first kappa shape index (κ1) is 23.8. The second-order valence-electron chi connectivity index (χ2n) is 8.34. The highest BCUT2D eigenvalue weighted by molar-refractivity contribution is 5.97. The van der Waals surface area contributed by atoms with Crippen LogP contribution in [0.2, 0.25) is 0 Å². The number of amides is 2. The molecule has 3 N–H and O–H groups in total. The van der Waals surface area contributed by atoms with Gasteiger partial charge in [-0.15, -0.1) is 0 Å². The van der Waals surface area contributed by atoms with Crippen LogP contribution in [0.15, 0.2) is 83.5 Å². The van der Waals surface area contributed by atoms with E-state index in [9.17, 15) is 9.59 Å². The first-order valence-electron chi connectivity index (χ1n) is 11.8. The molecule has 0 aliphatic carbocycles. The summed E-state index contributed by atoms with van der Waals surface area (Å²) in [7, 11) is 0. The number of aryl methyl sites for hydroxylation is 1. The molecule has 186 valence electrons. The number of imidazole rings is 1. The molecule has 0 saturated carbocycles. The normalized spacial score (nSPS) is 10.8. The number of fused-ring (bicyclic) bond motifs is 1. The number of rotatable bonds is 9. The molecule has 5 aromatic rings. The summed E-state index contributed by atoms with van der Waals surface area (Å²) in [6.07, 6.45) is 1.78. The molecule has 9 heteroatoms. The monoisotopic (exact) mass is 495 g/mol. The highest BCUT2D eigenvalue weighted by Gasteiger charge is 2.17. The van der Waals surface area contributed by atoms with Crippen molar-refractivity contribution in [3.05, 3.63) is 96.1 Å². The number of anilines is 1. The van der Waals surface area contributed by atoms with Gasteiger partial charge >= 0.3 is 0 Å². The maximum Gasteiger partial charge on any atom is 0.251 e. The molecule has 0 bridgehead atoms. The number of para-hydroxylation sites is 2. The quantitative estimate of drug-likeness (QED) is 0.268. The number of carbonyl (C=O) groups is 2. The van der Waals surface area contributed by atoms with Crippen molar-refractivity contribution in [2.75, 3.05) is 11.9 Å². The minimum absolute atomic E-state index is 0.187. The maximum atomic E-state index is 12.7. The molecular formula is C28H25N5O4. The van der Waals surface area contributed by atoms with Gasteiger partial charge in [-0.25, -0.2) is 9.97 Å². The Balaban J connectivity index is 1.22. The molecule has 2 aromatic heterocycles. The van der Waals surface area contributed by atoms with Gasteiger partial charge in [0.2, 0.25) is 11.8 Å². The lowest BCUT2D eigenvalue weighted by Gasteiger charge is -2.09. The van der Waals surface area contributed by atoms with E-state index in [0.29, 0.717) is 39.9 Å². The van der Waals surface area contributed by atoms with Gasteiger partial charge in [0.1, 0.15) is 17.2 Å². The molecule has 0 atom stereocenters. The number of aromatic amines is 1. The van der Waals surface area contributed by atoms with E-state index >= 15 is 0 Å². The van der Waals surface area contributed by atoms with Gasteiger partial charge < -0.3 is 24.8 Å². The zero-order chi connectivity index (χ0) is 25.6. The van der Waals surface area contributed by atoms with Crippen LogP contribution in [0.1, 0.15) is 28.2 Å². The van der Waals surface area contributed by atoms with Crippen molar-refractivity contribution in [2.24, 2.45) is 0 Å². The molecule has 2 heterocycles. The standard InChI is InChI=1S/C28H25N5O4/c1-18-25(16-29-27(35)19-11-12-23-24(15-19)31-17-30-23)33-28(37-18)21-9-5-6-10-22(21)32-26(34)13-14-36-20-7-3-2-4-8-20/h2-12,15,17H,13-14,16H2,1H3,(H,29,35)(H,30,31)(H,32,34). The Morgan fingerprint density at radius 1 is 1.03 bits per heavy atom. The lowest BCUT2D eigenvalue weighted by Crippen LogP contribution is -2.23. The number of hydrogen-bond donors (Lipinski definition) is 3. The molecule has 0 unspecified atom stereocenters. The molecule has 2 amide bonds. The minimum atomic E-state index is -0.231. The van der Waals surface area contributed by atoms with E-state index in [4.69, 9.17) is 9.15 Å². The third-order valence-corrected chi connectivity index (χ3v) is 5.76. The van der Waals surface area contributed by atoms with Crippen molar-refractivity contribution in [3.8, 4) is 17.2 Å². The van der Waals surface area contributed by atoms with E-state index in [-0.39, 0.29) is 31.4 Å². The Morgan fingerprint density at radius 3 is 2.70 bits per heavy atom. The Kier molecular flexibility index (Phi) is 6.93. The van der Waals surface area contributed by atoms with Gasteiger partial charge in [-0.1, -0.05) is 30.3 Å². The van der Waals surface area contributed by atoms with E-state index in [0.717, 1.165) is 11.0 Å². The Morgan fingerprint density at radius 2 is 1.84 bits per heavy atom. The molecule has 3 aromatic carbocycles. The van der Waals surface area contributed by atoms with Crippen LogP contribution < -0.4 is 15.4 Å². The number of nitrogens with one attached hydrogen (secondary N) is 3. The summed E-state index contributed by atoms with van der Waals surface area (Å²) in [5.74, 6) is 1.24. The van der Waals surface area contributed by atoms with Crippen molar-refractivity contribution in [1.29, 1.82) is 0 Å². The molecule has 9 nitrogen and oxygen atoms in total. The van der Waals surface area contributed by atoms with Crippen molar-refractivity contribution < 1.29 is 18.7 Å². The molecule has 5 rings (SSSR count). The van der Waals surface area contributed by atoms with E-state index in [1.165, 1.54) is 0 Å². The molecular weight excluding hydrogens is 470 g/mol. The topological polar surface area (TPSA) is 122 Å². The number of ether oxygens (including phenoxy) is 1. The summed E-state index contributed by atoms with van der Waals surface area (Å²) in [6, 6.07) is 21.9. The molecule has 0 radical (unpaired) electrons. The number of H-pyrrole nitrogens is 1. The Hall–Kier alpha value is -4.92. The highest BCUT2D eigenvalue weighted by atomic mass is 16.5. The van der Waals surface area contributed by atoms with Crippen molar-refractivity contribution in [3.63, 3.8) is 0 Å². The van der Waals surface area contributed by atoms with Crippen LogP contribution in [0.4, 0.5) is 5.69 Å². The second-order valence-corrected chi connectivity index (χ2v) is 8.34. The fourth-order valence-electron chi connectivity index (χ4n) is 3.82. The summed E-state index contributed by atoms with van der Waals surface area (Å²) in [5, 5.41) is 5.79. The second kappa shape index (κ2) is 10.8. The van der Waals surface area contributed by atoms with Crippen LogP contribution in [-0.4, -0.2) is 33.4 Å². The summed E-state index contributed by atoms with van der Waals surface area (Å²) in [5.41, 5.74) is 3.92. The van der Waals surface area contributed by atoms with Crippen molar-refractivity contribution in [2.45, 2.75) is 19.9 Å². The first-order valence-corrected chi connectivity index (χ1v) is 11.8. The van der Waals surface area contributed by atoms with E-state index in [2.05, 4.69) is 25.6 Å². The Bertz CT molecular complexity index is 1540. The van der Waals surface area contributed by atoms with Crippen molar-refractivity contribution >= 4 is 28.5 Å². The summed E-state index contributed by atoms with van der Waals surface area (Å²) in [4.78, 5) is 37.0. The smallest absolute Gasteiger partial charge is 0.251 e. The number of carbonyl (C=O) groups excluding carboxylic acids is 2. The number of hydrogen-bond acceptors (Lipinski definition) is 6. The summed E-state index contributed by atoms with van der Waals surface area (Å²) >= 11 is 0. The van der Waals surface area contributed by atoms with E-state index < -0.39 is 0 Å². The first-order chi connectivity index (χ1) is 18.1. The molecule has 0 aliphatic rings. The van der Waals surface area contributed by atoms with E-state index in [1.807, 2.05) is 48.5 Å². The molecule has 0 fully saturated rings. The third-order valence-electron chi connectivity index (χ3n) is 5.76. The fourth-order valence-corrected chi connectivity index (χ4v) is 3.82. The van der Waals surface area contributed by atoms with Gasteiger partial charge in [0.15, 0.2) is 0 Å². The zero-order valence-corrected chi connectivity index (χ0v) is 20.2. The lowest BCUT2D eigenvalue weighted by molar-refractivity contribution is -0.116. The SMILES string of the molecule is Cc1oc(-c2ccccc2NC(=O)CCOc2ccccc2)nc1CNC(=O)c1ccc2nc[nH]c2c1. The van der Waals surface area contributed by atoms with Crippen LogP contribution in [0, 0.1) is 6.92 Å². The number of oxazole rings is 1. The largest absolute Gasteiger partial charge is 0.493 e. The lowest BCUT2D eigenvalue weighted by atomic mass is 10.1. The van der Waals surface area contributed by atoms with Crippen LogP contribution in [0.3, 0.4) is 0 Å². The summed E-state index contributed by atoms with van der Waals surface area (Å²) < 4.78 is 11.5. The molecule has 37 heavy (non-hydrogen) atoms. The van der Waals surface area contributed by atoms with Crippen LogP contribution >= 0.6 is 0 Å². The van der Waals surface area contributed by atoms with E-state index in [1.54, 1.807) is 37.5 Å². The maximum absolute atomic E-state index is 12.7. The predicted molar refractivity (Wildman–Crippen MR) is 139 cm³/mol. The number of nitrogens with zero attached hydrogens (tertiary/aromatic N) is 2. The zero-order valence-electron chi connectivity index (χ0n) is 20.2. The average Bonchev–Trinajstić information content (AvgIpc) is 3.54. The number of aromatic nitrogens is 3. The van der Waals surface area contributed by atoms with Crippen LogP contribution in [-0.2, 0) is 11.3 Å². The van der Waals surface area contributed by atoms with Crippen LogP contribution in [0.25, 0.3) is 22.5 Å². The minimum Gasteiger partial charge on any atom is -0.493 e. The molecule has 0 aliphatic heterocycles. The van der Waals surface area contributed by atoms with Gasteiger partial charge in [0.25, 0.3) is 5.91 Å². The van der Waals surface area contributed by atoms with Gasteiger partial charge in [-0.2, -0.15) is 0 Å². The molecule has 0 saturated heterocycles. The number of benzene rings is 3.